The number of rotatable bonds is 4. The average Bonchev–Trinajstić information content (AvgIpc) is 2.90. The van der Waals surface area contributed by atoms with Crippen LogP contribution in [0.1, 0.15) is 23.6 Å². The van der Waals surface area contributed by atoms with Crippen molar-refractivity contribution in [2.24, 2.45) is 0 Å². The van der Waals surface area contributed by atoms with Crippen LogP contribution >= 0.6 is 0 Å². The molecule has 0 bridgehead atoms. The molecule has 1 saturated heterocycles. The second kappa shape index (κ2) is 6.04. The summed E-state index contributed by atoms with van der Waals surface area (Å²) in [5.41, 5.74) is 3.12. The molecular formula is C16H25N3. The summed E-state index contributed by atoms with van der Waals surface area (Å²) in [6, 6.07) is 9.59. The van der Waals surface area contributed by atoms with E-state index in [0.29, 0.717) is 6.04 Å². The van der Waals surface area contributed by atoms with Crippen LogP contribution < -0.4 is 5.32 Å². The van der Waals surface area contributed by atoms with Crippen molar-refractivity contribution < 1.29 is 0 Å². The number of piperazine rings is 1. The summed E-state index contributed by atoms with van der Waals surface area (Å²) < 4.78 is 0. The second-order valence-corrected chi connectivity index (χ2v) is 5.83. The van der Waals surface area contributed by atoms with E-state index in [2.05, 4.69) is 46.4 Å². The Bertz CT molecular complexity index is 412. The third-order valence-electron chi connectivity index (χ3n) is 4.61. The number of nitrogens with one attached hydrogen (secondary N) is 1. The Labute approximate surface area is 116 Å². The SMILES string of the molecule is CN(CCN1CCNCC1)C1CCc2ccccc21. The largest absolute Gasteiger partial charge is 0.314 e. The Hall–Kier alpha value is -0.900. The quantitative estimate of drug-likeness (QED) is 0.884. The van der Waals surface area contributed by atoms with Crippen LogP contribution in [0.3, 0.4) is 0 Å². The maximum Gasteiger partial charge on any atom is 0.0351 e. The summed E-state index contributed by atoms with van der Waals surface area (Å²) in [6.07, 6.45) is 2.54. The van der Waals surface area contributed by atoms with Crippen LogP contribution in [0, 0.1) is 0 Å². The van der Waals surface area contributed by atoms with Crippen molar-refractivity contribution >= 4 is 0 Å². The van der Waals surface area contributed by atoms with Gasteiger partial charge in [-0.25, -0.2) is 0 Å². The Morgan fingerprint density at radius 1 is 1.26 bits per heavy atom. The van der Waals surface area contributed by atoms with Gasteiger partial charge in [-0.05, 0) is 31.0 Å². The topological polar surface area (TPSA) is 18.5 Å². The average molecular weight is 259 g/mol. The molecule has 0 radical (unpaired) electrons. The van der Waals surface area contributed by atoms with E-state index in [1.165, 1.54) is 39.0 Å². The molecular weight excluding hydrogens is 234 g/mol. The van der Waals surface area contributed by atoms with Crippen LogP contribution in [0.5, 0.6) is 0 Å². The number of hydrogen-bond acceptors (Lipinski definition) is 3. The minimum absolute atomic E-state index is 0.638. The normalized spacial score (nSPS) is 23.8. The molecule has 1 aliphatic heterocycles. The first-order valence-corrected chi connectivity index (χ1v) is 7.56. The van der Waals surface area contributed by atoms with Crippen molar-refractivity contribution in [3.05, 3.63) is 35.4 Å². The van der Waals surface area contributed by atoms with Gasteiger partial charge in [-0.15, -0.1) is 0 Å². The van der Waals surface area contributed by atoms with E-state index in [9.17, 15) is 0 Å². The van der Waals surface area contributed by atoms with Crippen LogP contribution in [-0.4, -0.2) is 56.1 Å². The van der Waals surface area contributed by atoms with E-state index in [-0.39, 0.29) is 0 Å². The predicted molar refractivity (Wildman–Crippen MR) is 79.4 cm³/mol. The van der Waals surface area contributed by atoms with E-state index in [1.807, 2.05) is 0 Å². The smallest absolute Gasteiger partial charge is 0.0351 e. The minimum atomic E-state index is 0.638. The molecule has 1 fully saturated rings. The van der Waals surface area contributed by atoms with E-state index in [1.54, 1.807) is 11.1 Å². The van der Waals surface area contributed by atoms with Crippen molar-refractivity contribution in [1.29, 1.82) is 0 Å². The van der Waals surface area contributed by atoms with Crippen LogP contribution in [0.25, 0.3) is 0 Å². The number of fused-ring (bicyclic) bond motifs is 1. The molecule has 1 aliphatic carbocycles. The molecule has 2 aliphatic rings. The Morgan fingerprint density at radius 2 is 2.05 bits per heavy atom. The standard InChI is InChI=1S/C16H25N3/c1-18(12-13-19-10-8-17-9-11-19)16-7-6-14-4-2-3-5-15(14)16/h2-5,16-17H,6-13H2,1H3. The molecule has 1 heterocycles. The first-order valence-electron chi connectivity index (χ1n) is 7.56. The lowest BCUT2D eigenvalue weighted by Crippen LogP contribution is -2.46. The van der Waals surface area contributed by atoms with E-state index in [0.717, 1.165) is 13.1 Å². The van der Waals surface area contributed by atoms with Gasteiger partial charge >= 0.3 is 0 Å². The van der Waals surface area contributed by atoms with Crippen molar-refractivity contribution in [3.63, 3.8) is 0 Å². The summed E-state index contributed by atoms with van der Waals surface area (Å²) >= 11 is 0. The molecule has 1 N–H and O–H groups in total. The Balaban J connectivity index is 1.55. The lowest BCUT2D eigenvalue weighted by molar-refractivity contribution is 0.177. The summed E-state index contributed by atoms with van der Waals surface area (Å²) in [4.78, 5) is 5.13. The second-order valence-electron chi connectivity index (χ2n) is 5.83. The third kappa shape index (κ3) is 2.99. The first-order chi connectivity index (χ1) is 9.34. The summed E-state index contributed by atoms with van der Waals surface area (Å²) in [5, 5.41) is 3.42. The van der Waals surface area contributed by atoms with Gasteiger partial charge in [0.15, 0.2) is 0 Å². The van der Waals surface area contributed by atoms with Gasteiger partial charge in [0.1, 0.15) is 0 Å². The molecule has 19 heavy (non-hydrogen) atoms. The molecule has 0 saturated carbocycles. The molecule has 1 unspecified atom stereocenters. The molecule has 3 nitrogen and oxygen atoms in total. The molecule has 1 aromatic carbocycles. The molecule has 1 atom stereocenters. The molecule has 0 aromatic heterocycles. The summed E-state index contributed by atoms with van der Waals surface area (Å²) in [5.74, 6) is 0. The molecule has 104 valence electrons. The van der Waals surface area contributed by atoms with Gasteiger partial charge in [-0.3, -0.25) is 9.80 Å². The zero-order valence-electron chi connectivity index (χ0n) is 11.9. The maximum atomic E-state index is 3.42. The maximum absolute atomic E-state index is 3.42. The van der Waals surface area contributed by atoms with Gasteiger partial charge in [-0.2, -0.15) is 0 Å². The van der Waals surface area contributed by atoms with Crippen LogP contribution in [0.15, 0.2) is 24.3 Å². The van der Waals surface area contributed by atoms with Gasteiger partial charge in [0.2, 0.25) is 0 Å². The fraction of sp³-hybridized carbons (Fsp3) is 0.625. The Kier molecular flexibility index (Phi) is 4.16. The van der Waals surface area contributed by atoms with E-state index in [4.69, 9.17) is 0 Å². The van der Waals surface area contributed by atoms with Gasteiger partial charge in [0, 0.05) is 45.3 Å². The highest BCUT2D eigenvalue weighted by Gasteiger charge is 2.25. The van der Waals surface area contributed by atoms with Gasteiger partial charge < -0.3 is 5.32 Å². The molecule has 0 spiro atoms. The minimum Gasteiger partial charge on any atom is -0.314 e. The molecule has 3 rings (SSSR count). The third-order valence-corrected chi connectivity index (χ3v) is 4.61. The van der Waals surface area contributed by atoms with Crippen molar-refractivity contribution in [1.82, 2.24) is 15.1 Å². The van der Waals surface area contributed by atoms with Gasteiger partial charge in [-0.1, -0.05) is 24.3 Å². The number of nitrogens with zero attached hydrogens (tertiary/aromatic N) is 2. The number of hydrogen-bond donors (Lipinski definition) is 1. The lowest BCUT2D eigenvalue weighted by atomic mass is 10.1. The van der Waals surface area contributed by atoms with Crippen molar-refractivity contribution in [2.45, 2.75) is 18.9 Å². The molecule has 3 heteroatoms. The number of likely N-dealkylation sites (N-methyl/N-ethyl adjacent to an activating group) is 1. The summed E-state index contributed by atoms with van der Waals surface area (Å²) in [6.45, 7) is 7.09. The monoisotopic (exact) mass is 259 g/mol. The highest BCUT2D eigenvalue weighted by molar-refractivity contribution is 5.34. The lowest BCUT2D eigenvalue weighted by Gasteiger charge is -2.31. The predicted octanol–water partition coefficient (Wildman–Crippen LogP) is 1.51. The highest BCUT2D eigenvalue weighted by atomic mass is 15.2. The van der Waals surface area contributed by atoms with Gasteiger partial charge in [0.05, 0.1) is 0 Å². The Morgan fingerprint density at radius 3 is 2.89 bits per heavy atom. The fourth-order valence-corrected chi connectivity index (χ4v) is 3.38. The zero-order chi connectivity index (χ0) is 13.1. The van der Waals surface area contributed by atoms with E-state index < -0.39 is 0 Å². The van der Waals surface area contributed by atoms with Crippen LogP contribution in [0.2, 0.25) is 0 Å². The summed E-state index contributed by atoms with van der Waals surface area (Å²) in [7, 11) is 2.29. The molecule has 0 amide bonds. The van der Waals surface area contributed by atoms with Gasteiger partial charge in [0.25, 0.3) is 0 Å². The number of benzene rings is 1. The molecule has 1 aromatic rings. The number of aryl methyl sites for hydroxylation is 1. The highest BCUT2D eigenvalue weighted by Crippen LogP contribution is 2.34. The first kappa shape index (κ1) is 13.1. The van der Waals surface area contributed by atoms with Crippen molar-refractivity contribution in [3.8, 4) is 0 Å². The van der Waals surface area contributed by atoms with Crippen molar-refractivity contribution in [2.75, 3.05) is 46.3 Å². The van der Waals surface area contributed by atoms with Crippen LogP contribution in [-0.2, 0) is 6.42 Å². The van der Waals surface area contributed by atoms with E-state index >= 15 is 0 Å². The fourth-order valence-electron chi connectivity index (χ4n) is 3.38. The zero-order valence-corrected chi connectivity index (χ0v) is 11.9. The van der Waals surface area contributed by atoms with Crippen LogP contribution in [0.4, 0.5) is 0 Å².